The molecule has 0 saturated heterocycles. The molecule has 10 heteroatoms. The van der Waals surface area contributed by atoms with Gasteiger partial charge in [0.05, 0.1) is 7.11 Å². The number of aryl methyl sites for hydroxylation is 1. The Bertz CT molecular complexity index is 1260. The van der Waals surface area contributed by atoms with Gasteiger partial charge in [-0.3, -0.25) is 9.59 Å². The van der Waals surface area contributed by atoms with E-state index in [0.717, 1.165) is 12.5 Å². The highest BCUT2D eigenvalue weighted by atomic mass is 19.1. The lowest BCUT2D eigenvalue weighted by Gasteiger charge is -2.35. The predicted octanol–water partition coefficient (Wildman–Crippen LogP) is 3.45. The average molecular weight is 525 g/mol. The topological polar surface area (TPSA) is 124 Å². The zero-order chi connectivity index (χ0) is 28.0. The number of pyridine rings is 1. The third kappa shape index (κ3) is 6.15. The summed E-state index contributed by atoms with van der Waals surface area (Å²) in [6.07, 6.45) is 0.144. The fraction of sp³-hybridized carbons (Fsp3) is 0.286. The second-order valence-electron chi connectivity index (χ2n) is 8.70. The number of methoxy groups -OCH3 is 1. The zero-order valence-corrected chi connectivity index (χ0v) is 21.7. The summed E-state index contributed by atoms with van der Waals surface area (Å²) in [7, 11) is 1.34. The number of aromatic nitrogens is 1. The Morgan fingerprint density at radius 1 is 1.00 bits per heavy atom. The van der Waals surface area contributed by atoms with Gasteiger partial charge >= 0.3 is 11.9 Å². The molecular formula is C28H29FN2O7. The highest BCUT2D eigenvalue weighted by Gasteiger charge is 2.41. The van der Waals surface area contributed by atoms with Gasteiger partial charge in [0.25, 0.3) is 5.91 Å². The standard InChI is InChI=1S/C28H29FN2O7/c1-16-6-8-20(9-7-16)28(35,21-10-12-22(29)13-11-21)18(3)37-27(34)17(2)31-26(33)24-25(38-19(4)32)23(36-5)14-15-30-24/h6-15,17-18,35H,1-5H3,(H,31,33)/t17-,18+,28?/m1/s1. The van der Waals surface area contributed by atoms with Gasteiger partial charge in [-0.05, 0) is 44.0 Å². The summed E-state index contributed by atoms with van der Waals surface area (Å²) in [5.74, 6) is -2.94. The first-order valence-electron chi connectivity index (χ1n) is 11.8. The molecule has 1 aromatic heterocycles. The van der Waals surface area contributed by atoms with Gasteiger partial charge in [0.15, 0.2) is 17.0 Å². The molecule has 9 nitrogen and oxygen atoms in total. The summed E-state index contributed by atoms with van der Waals surface area (Å²) in [6.45, 7) is 5.93. The molecule has 2 aromatic carbocycles. The van der Waals surface area contributed by atoms with Gasteiger partial charge in [-0.1, -0.05) is 42.0 Å². The molecule has 0 aliphatic rings. The van der Waals surface area contributed by atoms with Gasteiger partial charge < -0.3 is 24.6 Å². The maximum Gasteiger partial charge on any atom is 0.328 e. The second kappa shape index (κ2) is 11.8. The summed E-state index contributed by atoms with van der Waals surface area (Å²) in [5.41, 5.74) is -0.396. The molecule has 0 aliphatic carbocycles. The molecule has 2 N–H and O–H groups in total. The number of hydrogen-bond donors (Lipinski definition) is 2. The summed E-state index contributed by atoms with van der Waals surface area (Å²) in [4.78, 5) is 41.4. The quantitative estimate of drug-likeness (QED) is 0.408. The van der Waals surface area contributed by atoms with Gasteiger partial charge in [0.1, 0.15) is 18.0 Å². The van der Waals surface area contributed by atoms with Crippen molar-refractivity contribution in [1.82, 2.24) is 10.3 Å². The maximum atomic E-state index is 13.6. The Labute approximate surface area is 219 Å². The number of carbonyl (C=O) groups is 3. The fourth-order valence-electron chi connectivity index (χ4n) is 3.83. The molecule has 200 valence electrons. The Morgan fingerprint density at radius 2 is 1.58 bits per heavy atom. The molecule has 38 heavy (non-hydrogen) atoms. The van der Waals surface area contributed by atoms with Crippen LogP contribution < -0.4 is 14.8 Å². The van der Waals surface area contributed by atoms with Crippen LogP contribution in [0.3, 0.4) is 0 Å². The zero-order valence-electron chi connectivity index (χ0n) is 21.7. The average Bonchev–Trinajstić information content (AvgIpc) is 2.88. The van der Waals surface area contributed by atoms with Crippen molar-refractivity contribution in [2.75, 3.05) is 7.11 Å². The number of rotatable bonds is 9. The lowest BCUT2D eigenvalue weighted by Crippen LogP contribution is -2.46. The van der Waals surface area contributed by atoms with Gasteiger partial charge in [-0.25, -0.2) is 14.2 Å². The van der Waals surface area contributed by atoms with Crippen LogP contribution in [-0.4, -0.2) is 47.2 Å². The van der Waals surface area contributed by atoms with Gasteiger partial charge in [0, 0.05) is 19.2 Å². The van der Waals surface area contributed by atoms with Crippen molar-refractivity contribution < 1.29 is 38.1 Å². The smallest absolute Gasteiger partial charge is 0.328 e. The van der Waals surface area contributed by atoms with Crippen LogP contribution in [0.15, 0.2) is 60.8 Å². The molecule has 1 heterocycles. The summed E-state index contributed by atoms with van der Waals surface area (Å²) >= 11 is 0. The number of hydrogen-bond acceptors (Lipinski definition) is 8. The number of benzene rings is 2. The van der Waals surface area contributed by atoms with E-state index < -0.39 is 41.4 Å². The lowest BCUT2D eigenvalue weighted by atomic mass is 9.82. The number of nitrogens with zero attached hydrogens (tertiary/aromatic N) is 1. The van der Waals surface area contributed by atoms with Crippen LogP contribution in [0.2, 0.25) is 0 Å². The van der Waals surface area contributed by atoms with Crippen LogP contribution in [-0.2, 0) is 19.9 Å². The molecule has 0 bridgehead atoms. The molecule has 3 atom stereocenters. The van der Waals surface area contributed by atoms with Crippen molar-refractivity contribution >= 4 is 17.8 Å². The second-order valence-corrected chi connectivity index (χ2v) is 8.70. The molecule has 0 saturated carbocycles. The minimum absolute atomic E-state index is 0.103. The monoisotopic (exact) mass is 524 g/mol. The number of halogens is 1. The normalized spacial score (nSPS) is 14.0. The van der Waals surface area contributed by atoms with Crippen LogP contribution in [0.4, 0.5) is 4.39 Å². The van der Waals surface area contributed by atoms with Crippen molar-refractivity contribution in [3.63, 3.8) is 0 Å². The number of esters is 2. The van der Waals surface area contributed by atoms with E-state index in [1.54, 1.807) is 24.3 Å². The highest BCUT2D eigenvalue weighted by Crippen LogP contribution is 2.35. The van der Waals surface area contributed by atoms with E-state index in [1.807, 2.05) is 6.92 Å². The minimum Gasteiger partial charge on any atom is -0.493 e. The first-order chi connectivity index (χ1) is 18.0. The fourth-order valence-corrected chi connectivity index (χ4v) is 3.83. The van der Waals surface area contributed by atoms with Crippen molar-refractivity contribution in [1.29, 1.82) is 0 Å². The van der Waals surface area contributed by atoms with Gasteiger partial charge in [-0.2, -0.15) is 0 Å². The number of amides is 1. The molecule has 0 fully saturated rings. The van der Waals surface area contributed by atoms with E-state index in [1.165, 1.54) is 57.5 Å². The van der Waals surface area contributed by atoms with Crippen molar-refractivity contribution in [2.24, 2.45) is 0 Å². The van der Waals surface area contributed by atoms with E-state index in [-0.39, 0.29) is 17.2 Å². The molecule has 3 rings (SSSR count). The van der Waals surface area contributed by atoms with E-state index in [0.29, 0.717) is 11.1 Å². The molecule has 1 amide bonds. The SMILES string of the molecule is COc1ccnc(C(=O)N[C@H](C)C(=O)O[C@@H](C)C(O)(c2ccc(C)cc2)c2ccc(F)cc2)c1OC(C)=O. The highest BCUT2D eigenvalue weighted by molar-refractivity contribution is 5.98. The number of nitrogens with one attached hydrogen (secondary N) is 1. The number of aliphatic hydroxyl groups is 1. The summed E-state index contributed by atoms with van der Waals surface area (Å²) in [5, 5.41) is 14.3. The number of carbonyl (C=O) groups excluding carboxylic acids is 3. The van der Waals surface area contributed by atoms with E-state index in [2.05, 4.69) is 10.3 Å². The molecule has 0 radical (unpaired) electrons. The summed E-state index contributed by atoms with van der Waals surface area (Å²) in [6, 6.07) is 12.4. The van der Waals surface area contributed by atoms with Gasteiger partial charge in [0.2, 0.25) is 5.75 Å². The third-order valence-corrected chi connectivity index (χ3v) is 5.91. The lowest BCUT2D eigenvalue weighted by molar-refractivity contribution is -0.162. The number of ether oxygens (including phenoxy) is 3. The van der Waals surface area contributed by atoms with Crippen molar-refractivity contribution in [2.45, 2.75) is 45.4 Å². The van der Waals surface area contributed by atoms with E-state index >= 15 is 0 Å². The van der Waals surface area contributed by atoms with Crippen molar-refractivity contribution in [3.8, 4) is 11.5 Å². The Kier molecular flexibility index (Phi) is 8.80. The van der Waals surface area contributed by atoms with Crippen LogP contribution in [0, 0.1) is 12.7 Å². The van der Waals surface area contributed by atoms with Crippen LogP contribution in [0.1, 0.15) is 48.0 Å². The first kappa shape index (κ1) is 28.3. The molecule has 0 spiro atoms. The maximum absolute atomic E-state index is 13.6. The Hall–Kier alpha value is -4.31. The largest absolute Gasteiger partial charge is 0.493 e. The Morgan fingerprint density at radius 3 is 2.13 bits per heavy atom. The van der Waals surface area contributed by atoms with Crippen LogP contribution in [0.25, 0.3) is 0 Å². The molecule has 1 unspecified atom stereocenters. The van der Waals surface area contributed by atoms with Crippen LogP contribution in [0.5, 0.6) is 11.5 Å². The van der Waals surface area contributed by atoms with E-state index in [9.17, 15) is 23.9 Å². The van der Waals surface area contributed by atoms with Gasteiger partial charge in [-0.15, -0.1) is 0 Å². The van der Waals surface area contributed by atoms with Crippen LogP contribution >= 0.6 is 0 Å². The summed E-state index contributed by atoms with van der Waals surface area (Å²) < 4.78 is 29.4. The minimum atomic E-state index is -1.82. The predicted molar refractivity (Wildman–Crippen MR) is 135 cm³/mol. The Balaban J connectivity index is 1.83. The molecule has 3 aromatic rings. The molecule has 0 aliphatic heterocycles. The first-order valence-corrected chi connectivity index (χ1v) is 11.8. The van der Waals surface area contributed by atoms with E-state index in [4.69, 9.17) is 14.2 Å². The van der Waals surface area contributed by atoms with Crippen molar-refractivity contribution in [3.05, 3.63) is 89.0 Å². The third-order valence-electron chi connectivity index (χ3n) is 5.91. The molecular weight excluding hydrogens is 495 g/mol.